The Balaban J connectivity index is -0.000000649. The van der Waals surface area contributed by atoms with Crippen molar-refractivity contribution < 1.29 is 112 Å². The summed E-state index contributed by atoms with van der Waals surface area (Å²) < 4.78 is 56.6. The minimum atomic E-state index is -5.94. The van der Waals surface area contributed by atoms with Crippen LogP contribution in [0.4, 0.5) is 0 Å². The molecule has 0 amide bonds. The van der Waals surface area contributed by atoms with Gasteiger partial charge in [-0.1, -0.05) is 41.5 Å². The summed E-state index contributed by atoms with van der Waals surface area (Å²) in [6, 6.07) is 0. The van der Waals surface area contributed by atoms with Crippen LogP contribution in [-0.2, 0) is 28.5 Å². The largest absolute Gasteiger partial charge is 1.00 e. The molecule has 1 aliphatic rings. The molecule has 1 rings (SSSR count). The Morgan fingerprint density at radius 3 is 1.55 bits per heavy atom. The van der Waals surface area contributed by atoms with Gasteiger partial charge in [-0.15, -0.1) is 0 Å². The van der Waals surface area contributed by atoms with E-state index in [1.165, 1.54) is 0 Å². The Kier molecular flexibility index (Phi) is 22.5. The summed E-state index contributed by atoms with van der Waals surface area (Å²) in [6.45, 7) is 21.8. The molecule has 14 nitrogen and oxygen atoms in total. The van der Waals surface area contributed by atoms with Crippen LogP contribution in [0.3, 0.4) is 0 Å². The Labute approximate surface area is 290 Å². The number of carbonyl (C=O) groups excluding carboxylic acids is 2. The molecule has 258 valence electrons. The molecule has 0 aliphatic carbocycles. The minimum Gasteiger partial charge on any atom is -0.394 e. The van der Waals surface area contributed by atoms with Crippen LogP contribution in [0.15, 0.2) is 0 Å². The molecule has 1 fully saturated rings. The molecule has 0 aromatic rings. The summed E-state index contributed by atoms with van der Waals surface area (Å²) >= 11 is -5.94. The molecule has 0 spiro atoms. The van der Waals surface area contributed by atoms with Gasteiger partial charge in [0.2, 0.25) is 6.29 Å². The smallest absolute Gasteiger partial charge is 0.394 e. The van der Waals surface area contributed by atoms with Crippen LogP contribution in [-0.4, -0.2) is 94.4 Å². The van der Waals surface area contributed by atoms with Gasteiger partial charge in [0, 0.05) is 11.8 Å². The number of halogens is 1. The summed E-state index contributed by atoms with van der Waals surface area (Å²) in [5, 5.41) is 39.3. The maximum atomic E-state index is 11.2. The average molecular weight is 765 g/mol. The van der Waals surface area contributed by atoms with E-state index < -0.39 is 74.2 Å². The second-order valence-electron chi connectivity index (χ2n) is 14.3. The molecule has 4 N–H and O–H groups in total. The first-order valence-corrected chi connectivity index (χ1v) is 17.3. The molecule has 1 saturated heterocycles. The molecule has 0 aromatic heterocycles. The molecule has 8 atom stereocenters. The zero-order chi connectivity index (χ0) is 34.8. The molecule has 16 heteroatoms. The van der Waals surface area contributed by atoms with Gasteiger partial charge in [0.05, 0.1) is 42.7 Å². The van der Waals surface area contributed by atoms with E-state index in [0.717, 1.165) is 6.29 Å². The third-order valence-electron chi connectivity index (χ3n) is 5.97. The average Bonchev–Trinajstić information content (AvgIpc) is 2.76. The first-order valence-electron chi connectivity index (χ1n) is 13.8. The number of hydrogen-bond donors (Lipinski definition) is 4. The Hall–Kier alpha value is 0.590. The summed E-state index contributed by atoms with van der Waals surface area (Å²) in [5.74, 6) is -0.879. The van der Waals surface area contributed by atoms with Crippen LogP contribution in [0.25, 0.3) is 0 Å². The van der Waals surface area contributed by atoms with Gasteiger partial charge in [-0.3, -0.25) is 18.5 Å². The van der Waals surface area contributed by atoms with E-state index in [1.807, 2.05) is 62.3 Å². The maximum absolute atomic E-state index is 11.2. The van der Waals surface area contributed by atoms with E-state index in [-0.39, 0.29) is 59.5 Å². The summed E-state index contributed by atoms with van der Waals surface area (Å²) in [6.07, 6.45) is -4.17. The molecular weight excluding hydrogens is 710 g/mol. The van der Waals surface area contributed by atoms with Crippen molar-refractivity contribution in [2.75, 3.05) is 13.2 Å². The zero-order valence-electron chi connectivity index (χ0n) is 28.4. The Morgan fingerprint density at radius 2 is 1.27 bits per heavy atom. The van der Waals surface area contributed by atoms with Crippen LogP contribution in [0.5, 0.6) is 0 Å². The molecule has 1 heterocycles. The number of ether oxygens (including phenoxy) is 4. The SMILES string of the molecule is CC(C)(C)OC(C=O)OC(CO)C(C=O)C(C)(C)C.CC(C)(C)O[C@@H]1OC(CO)[C@@H](C(C)(C)C)[C@H](O)C1O.[Na+].[O-][I+3]([O-])([O-])[O-]. The molecule has 1 aliphatic heterocycles. The summed E-state index contributed by atoms with van der Waals surface area (Å²) in [5.41, 5.74) is -1.71. The summed E-state index contributed by atoms with van der Waals surface area (Å²) in [7, 11) is 0. The van der Waals surface area contributed by atoms with Gasteiger partial charge in [0.1, 0.15) is 32.5 Å². The third-order valence-corrected chi connectivity index (χ3v) is 5.97. The van der Waals surface area contributed by atoms with Gasteiger partial charge in [-0.25, -0.2) is 0 Å². The molecule has 0 saturated carbocycles. The van der Waals surface area contributed by atoms with E-state index in [4.69, 9.17) is 32.7 Å². The quantitative estimate of drug-likeness (QED) is 0.0738. The fourth-order valence-corrected chi connectivity index (χ4v) is 4.30. The number of rotatable bonds is 9. The standard InChI is InChI=1S/C14H28O5.C14H26O5.IO4.Na/c1-13(2,3)9-8(7-15)18-12(11(17)10(9)16)19-14(4,5)6;1-13(2,3)10(7-15)11(8-16)18-12(9-17)19-14(4,5)6;2-1(3,4)5;/h8-12,15-17H,7H2,1-6H3;7,9-12,16H,8H2,1-6H3;;/q;;-1;+1/t8?,9-,10+,11?,12+;;;/m1.../s1. The fourth-order valence-electron chi connectivity index (χ4n) is 4.30. The molecule has 5 unspecified atom stereocenters. The van der Waals surface area contributed by atoms with Crippen molar-refractivity contribution in [3.63, 3.8) is 0 Å². The summed E-state index contributed by atoms with van der Waals surface area (Å²) in [4.78, 5) is 22.2. The number of hydrogen-bond acceptors (Lipinski definition) is 14. The monoisotopic (exact) mass is 764 g/mol. The molecular formula is C28H54INaO14. The molecule has 0 aromatic carbocycles. The topological polar surface area (TPSA) is 244 Å². The van der Waals surface area contributed by atoms with Crippen molar-refractivity contribution in [3.05, 3.63) is 0 Å². The predicted octanol–water partition coefficient (Wildman–Crippen LogP) is -8.28. The van der Waals surface area contributed by atoms with E-state index in [0.29, 0.717) is 6.29 Å². The van der Waals surface area contributed by atoms with Crippen molar-refractivity contribution in [3.8, 4) is 0 Å². The number of aliphatic hydroxyl groups excluding tert-OH is 4. The van der Waals surface area contributed by atoms with E-state index in [9.17, 15) is 30.0 Å². The van der Waals surface area contributed by atoms with Crippen LogP contribution in [0.1, 0.15) is 83.1 Å². The number of aliphatic hydroxyl groups is 4. The van der Waals surface area contributed by atoms with Crippen molar-refractivity contribution >= 4 is 12.6 Å². The molecule has 44 heavy (non-hydrogen) atoms. The normalized spacial score (nSPS) is 25.1. The van der Waals surface area contributed by atoms with E-state index in [2.05, 4.69) is 0 Å². The van der Waals surface area contributed by atoms with Crippen LogP contribution >= 0.6 is 0 Å². The van der Waals surface area contributed by atoms with Crippen molar-refractivity contribution in [2.24, 2.45) is 22.7 Å². The zero-order valence-corrected chi connectivity index (χ0v) is 32.6. The van der Waals surface area contributed by atoms with Crippen molar-refractivity contribution in [1.82, 2.24) is 0 Å². The van der Waals surface area contributed by atoms with Crippen LogP contribution in [0.2, 0.25) is 0 Å². The fraction of sp³-hybridized carbons (Fsp3) is 0.929. The van der Waals surface area contributed by atoms with Gasteiger partial charge >= 0.3 is 29.6 Å². The number of aldehydes is 2. The molecule has 0 radical (unpaired) electrons. The molecule has 0 bridgehead atoms. The predicted molar refractivity (Wildman–Crippen MR) is 143 cm³/mol. The van der Waals surface area contributed by atoms with E-state index >= 15 is 0 Å². The van der Waals surface area contributed by atoms with E-state index in [1.54, 1.807) is 20.8 Å². The van der Waals surface area contributed by atoms with Crippen molar-refractivity contribution in [2.45, 2.75) is 131 Å². The minimum absolute atomic E-state index is 0. The van der Waals surface area contributed by atoms with Crippen molar-refractivity contribution in [1.29, 1.82) is 0 Å². The maximum Gasteiger partial charge on any atom is 1.00 e. The first kappa shape index (κ1) is 49.0. The Bertz CT molecular complexity index is 789. The van der Waals surface area contributed by atoms with Crippen LogP contribution in [0, 0.1) is 22.7 Å². The van der Waals surface area contributed by atoms with Gasteiger partial charge in [0.15, 0.2) is 12.6 Å². The van der Waals surface area contributed by atoms with Gasteiger partial charge in [-0.2, -0.15) is 0 Å². The van der Waals surface area contributed by atoms with Crippen LogP contribution < -0.4 is 63.4 Å². The Morgan fingerprint density at radius 1 is 0.818 bits per heavy atom. The van der Waals surface area contributed by atoms with Gasteiger partial charge in [-0.05, 0) is 52.4 Å². The number of carbonyl (C=O) groups is 2. The van der Waals surface area contributed by atoms with Gasteiger partial charge in [0.25, 0.3) is 0 Å². The first-order chi connectivity index (χ1) is 19.0. The second kappa shape index (κ2) is 20.2. The third kappa shape index (κ3) is 21.5. The second-order valence-corrected chi connectivity index (χ2v) is 16.5. The van der Waals surface area contributed by atoms with Gasteiger partial charge < -0.3 is 44.2 Å².